The first-order valence-corrected chi connectivity index (χ1v) is 7.50. The minimum Gasteiger partial charge on any atom is -0.364 e. The molecule has 17 heavy (non-hydrogen) atoms. The van der Waals surface area contributed by atoms with Crippen molar-refractivity contribution >= 4 is 17.7 Å². The van der Waals surface area contributed by atoms with Crippen LogP contribution in [-0.2, 0) is 9.53 Å². The van der Waals surface area contributed by atoms with Crippen LogP contribution in [0.25, 0.3) is 0 Å². The van der Waals surface area contributed by atoms with E-state index in [4.69, 9.17) is 4.74 Å². The van der Waals surface area contributed by atoms with Crippen LogP contribution in [0.3, 0.4) is 0 Å². The summed E-state index contributed by atoms with van der Waals surface area (Å²) in [6.45, 7) is 0.891. The van der Waals surface area contributed by atoms with Gasteiger partial charge in [-0.05, 0) is 25.0 Å². The number of ether oxygens (including phenoxy) is 1. The number of nitrogens with one attached hydrogen (secondary N) is 1. The van der Waals surface area contributed by atoms with Crippen LogP contribution in [-0.4, -0.2) is 61.2 Å². The zero-order valence-corrected chi connectivity index (χ0v) is 11.5. The number of rotatable bonds is 4. The number of nitrogens with zero attached hydrogens (tertiary/aromatic N) is 1. The molecule has 4 nitrogen and oxygen atoms in total. The van der Waals surface area contributed by atoms with Crippen LogP contribution in [0.15, 0.2) is 0 Å². The van der Waals surface area contributed by atoms with Gasteiger partial charge in [-0.1, -0.05) is 0 Å². The molecule has 2 aliphatic rings. The first-order valence-electron chi connectivity index (χ1n) is 6.34. The highest BCUT2D eigenvalue weighted by Crippen LogP contribution is 2.22. The highest BCUT2D eigenvalue weighted by atomic mass is 32.2. The molecule has 0 spiro atoms. The Kier molecular flexibility index (Phi) is 4.70. The number of amides is 1. The summed E-state index contributed by atoms with van der Waals surface area (Å²) in [5.41, 5.74) is 0. The standard InChI is InChI=1S/C12H22N2O2S/c1-14(2)12(15)11-4-3-10(16-11)7-13-9-5-6-17-8-9/h9-11,13H,3-8H2,1-2H3. The fourth-order valence-corrected chi connectivity index (χ4v) is 3.51. The molecule has 2 aliphatic heterocycles. The van der Waals surface area contributed by atoms with Crippen molar-refractivity contribution in [3.63, 3.8) is 0 Å². The smallest absolute Gasteiger partial charge is 0.251 e. The molecular weight excluding hydrogens is 236 g/mol. The average Bonchev–Trinajstić information content (AvgIpc) is 2.96. The van der Waals surface area contributed by atoms with E-state index < -0.39 is 0 Å². The third-order valence-corrected chi connectivity index (χ3v) is 4.55. The summed E-state index contributed by atoms with van der Waals surface area (Å²) >= 11 is 2.01. The Morgan fingerprint density at radius 1 is 1.41 bits per heavy atom. The van der Waals surface area contributed by atoms with E-state index in [1.165, 1.54) is 17.9 Å². The molecular formula is C12H22N2O2S. The highest BCUT2D eigenvalue weighted by molar-refractivity contribution is 7.99. The molecule has 5 heteroatoms. The number of likely N-dealkylation sites (N-methyl/N-ethyl adjacent to an activating group) is 1. The van der Waals surface area contributed by atoms with Crippen molar-refractivity contribution in [2.75, 3.05) is 32.1 Å². The molecule has 0 saturated carbocycles. The summed E-state index contributed by atoms with van der Waals surface area (Å²) < 4.78 is 5.78. The van der Waals surface area contributed by atoms with Crippen LogP contribution in [0.2, 0.25) is 0 Å². The molecule has 0 bridgehead atoms. The van der Waals surface area contributed by atoms with E-state index in [0.29, 0.717) is 6.04 Å². The molecule has 2 heterocycles. The Bertz CT molecular complexity index is 267. The van der Waals surface area contributed by atoms with Crippen molar-refractivity contribution < 1.29 is 9.53 Å². The Balaban J connectivity index is 1.68. The Morgan fingerprint density at radius 3 is 2.88 bits per heavy atom. The van der Waals surface area contributed by atoms with Crippen molar-refractivity contribution in [2.45, 2.75) is 37.5 Å². The van der Waals surface area contributed by atoms with E-state index in [-0.39, 0.29) is 18.1 Å². The van der Waals surface area contributed by atoms with Crippen molar-refractivity contribution in [1.29, 1.82) is 0 Å². The lowest BCUT2D eigenvalue weighted by molar-refractivity contribution is -0.140. The van der Waals surface area contributed by atoms with Crippen LogP contribution >= 0.6 is 11.8 Å². The fourth-order valence-electron chi connectivity index (χ4n) is 2.32. The van der Waals surface area contributed by atoms with Crippen LogP contribution in [0.4, 0.5) is 0 Å². The quantitative estimate of drug-likeness (QED) is 0.807. The maximum Gasteiger partial charge on any atom is 0.251 e. The summed E-state index contributed by atoms with van der Waals surface area (Å²) in [7, 11) is 3.57. The number of carbonyl (C=O) groups excluding carboxylic acids is 1. The van der Waals surface area contributed by atoms with Crippen LogP contribution in [0.5, 0.6) is 0 Å². The molecule has 0 aliphatic carbocycles. The van der Waals surface area contributed by atoms with E-state index in [1.807, 2.05) is 11.8 Å². The molecule has 2 saturated heterocycles. The normalized spacial score (nSPS) is 32.9. The molecule has 98 valence electrons. The zero-order valence-electron chi connectivity index (χ0n) is 10.6. The molecule has 0 radical (unpaired) electrons. The second-order valence-electron chi connectivity index (χ2n) is 5.03. The SMILES string of the molecule is CN(C)C(=O)C1CCC(CNC2CCSC2)O1. The molecule has 0 aromatic rings. The van der Waals surface area contributed by atoms with E-state index in [1.54, 1.807) is 19.0 Å². The topological polar surface area (TPSA) is 41.6 Å². The number of hydrogen-bond donors (Lipinski definition) is 1. The van der Waals surface area contributed by atoms with Crippen molar-refractivity contribution in [3.8, 4) is 0 Å². The maximum atomic E-state index is 11.7. The van der Waals surface area contributed by atoms with Gasteiger partial charge in [-0.2, -0.15) is 11.8 Å². The number of thioether (sulfide) groups is 1. The molecule has 1 N–H and O–H groups in total. The fraction of sp³-hybridized carbons (Fsp3) is 0.917. The minimum atomic E-state index is -0.213. The lowest BCUT2D eigenvalue weighted by Gasteiger charge is -2.18. The van der Waals surface area contributed by atoms with Crippen molar-refractivity contribution in [3.05, 3.63) is 0 Å². The van der Waals surface area contributed by atoms with Gasteiger partial charge in [0.15, 0.2) is 0 Å². The van der Waals surface area contributed by atoms with Gasteiger partial charge in [-0.25, -0.2) is 0 Å². The molecule has 0 aromatic heterocycles. The molecule has 1 amide bonds. The van der Waals surface area contributed by atoms with Gasteiger partial charge < -0.3 is 15.0 Å². The average molecular weight is 258 g/mol. The number of carbonyl (C=O) groups is 1. The summed E-state index contributed by atoms with van der Waals surface area (Å²) in [6, 6.07) is 0.646. The third kappa shape index (κ3) is 3.60. The predicted molar refractivity (Wildman–Crippen MR) is 70.3 cm³/mol. The summed E-state index contributed by atoms with van der Waals surface area (Å²) in [5.74, 6) is 2.58. The molecule has 2 fully saturated rings. The van der Waals surface area contributed by atoms with Gasteiger partial charge in [0.25, 0.3) is 5.91 Å². The van der Waals surface area contributed by atoms with E-state index in [2.05, 4.69) is 5.32 Å². The Morgan fingerprint density at radius 2 is 2.24 bits per heavy atom. The molecule has 2 rings (SSSR count). The predicted octanol–water partition coefficient (Wildman–Crippen LogP) is 0.717. The molecule has 3 unspecified atom stereocenters. The summed E-state index contributed by atoms with van der Waals surface area (Å²) in [4.78, 5) is 13.3. The molecule has 3 atom stereocenters. The monoisotopic (exact) mass is 258 g/mol. The van der Waals surface area contributed by atoms with Gasteiger partial charge in [0.2, 0.25) is 0 Å². The lowest BCUT2D eigenvalue weighted by Crippen LogP contribution is -2.37. The first kappa shape index (κ1) is 13.2. The Labute approximate surface area is 107 Å². The first-order chi connectivity index (χ1) is 8.16. The van der Waals surface area contributed by atoms with Crippen LogP contribution < -0.4 is 5.32 Å². The van der Waals surface area contributed by atoms with Gasteiger partial charge in [-0.15, -0.1) is 0 Å². The van der Waals surface area contributed by atoms with Crippen molar-refractivity contribution in [1.82, 2.24) is 10.2 Å². The van der Waals surface area contributed by atoms with Gasteiger partial charge in [-0.3, -0.25) is 4.79 Å². The van der Waals surface area contributed by atoms with Crippen LogP contribution in [0.1, 0.15) is 19.3 Å². The van der Waals surface area contributed by atoms with E-state index in [0.717, 1.165) is 19.4 Å². The second kappa shape index (κ2) is 6.07. The maximum absolute atomic E-state index is 11.7. The van der Waals surface area contributed by atoms with Gasteiger partial charge >= 0.3 is 0 Å². The number of hydrogen-bond acceptors (Lipinski definition) is 4. The lowest BCUT2D eigenvalue weighted by atomic mass is 10.1. The zero-order chi connectivity index (χ0) is 12.3. The largest absolute Gasteiger partial charge is 0.364 e. The van der Waals surface area contributed by atoms with E-state index >= 15 is 0 Å². The van der Waals surface area contributed by atoms with E-state index in [9.17, 15) is 4.79 Å². The minimum absolute atomic E-state index is 0.101. The highest BCUT2D eigenvalue weighted by Gasteiger charge is 2.31. The Hall–Kier alpha value is -0.260. The van der Waals surface area contributed by atoms with Crippen LogP contribution in [0, 0.1) is 0 Å². The van der Waals surface area contributed by atoms with Gasteiger partial charge in [0, 0.05) is 32.4 Å². The van der Waals surface area contributed by atoms with Gasteiger partial charge in [0.1, 0.15) is 6.10 Å². The summed E-state index contributed by atoms with van der Waals surface area (Å²) in [6.07, 6.45) is 3.13. The second-order valence-corrected chi connectivity index (χ2v) is 6.18. The van der Waals surface area contributed by atoms with Crippen molar-refractivity contribution in [2.24, 2.45) is 0 Å². The molecule has 0 aromatic carbocycles. The van der Waals surface area contributed by atoms with Gasteiger partial charge in [0.05, 0.1) is 6.10 Å². The summed E-state index contributed by atoms with van der Waals surface area (Å²) in [5, 5.41) is 3.54. The third-order valence-electron chi connectivity index (χ3n) is 3.39.